The maximum Gasteiger partial charge on any atom is 0.0302 e. The van der Waals surface area contributed by atoms with Gasteiger partial charge < -0.3 is 5.32 Å². The second kappa shape index (κ2) is 7.02. The van der Waals surface area contributed by atoms with E-state index >= 15 is 0 Å². The summed E-state index contributed by atoms with van der Waals surface area (Å²) in [5, 5.41) is 5.76. The molecule has 0 aromatic carbocycles. The maximum absolute atomic E-state index is 3.62. The molecule has 0 aliphatic carbocycles. The quantitative estimate of drug-likeness (QED) is 0.723. The third-order valence-electron chi connectivity index (χ3n) is 2.54. The van der Waals surface area contributed by atoms with Crippen LogP contribution in [0.25, 0.3) is 0 Å². The third-order valence-corrected chi connectivity index (χ3v) is 3.42. The van der Waals surface area contributed by atoms with E-state index in [9.17, 15) is 0 Å². The highest BCUT2D eigenvalue weighted by molar-refractivity contribution is 7.09. The van der Waals surface area contributed by atoms with Crippen molar-refractivity contribution >= 4 is 11.3 Å². The Hall–Kier alpha value is -0.340. The highest BCUT2D eigenvalue weighted by Gasteiger charge is 2.04. The van der Waals surface area contributed by atoms with Crippen LogP contribution in [0.15, 0.2) is 17.5 Å². The summed E-state index contributed by atoms with van der Waals surface area (Å²) in [6.07, 6.45) is 5.21. The zero-order valence-corrected chi connectivity index (χ0v) is 10.1. The Morgan fingerprint density at radius 2 is 2.29 bits per heavy atom. The van der Waals surface area contributed by atoms with E-state index < -0.39 is 0 Å². The van der Waals surface area contributed by atoms with E-state index in [2.05, 4.69) is 36.7 Å². The Labute approximate surface area is 91.5 Å². The van der Waals surface area contributed by atoms with Gasteiger partial charge in [0.1, 0.15) is 0 Å². The largest absolute Gasteiger partial charge is 0.309 e. The van der Waals surface area contributed by atoms with E-state index in [1.165, 1.54) is 30.6 Å². The van der Waals surface area contributed by atoms with Crippen LogP contribution >= 0.6 is 11.3 Å². The number of hydrogen-bond donors (Lipinski definition) is 1. The molecule has 14 heavy (non-hydrogen) atoms. The number of nitrogens with one attached hydrogen (secondary N) is 1. The smallest absolute Gasteiger partial charge is 0.0302 e. The van der Waals surface area contributed by atoms with Gasteiger partial charge in [0.15, 0.2) is 0 Å². The molecule has 0 spiro atoms. The second-order valence-corrected chi connectivity index (χ2v) is 4.74. The Bertz CT molecular complexity index is 218. The second-order valence-electron chi connectivity index (χ2n) is 3.71. The first kappa shape index (κ1) is 11.7. The summed E-state index contributed by atoms with van der Waals surface area (Å²) in [7, 11) is 0. The van der Waals surface area contributed by atoms with Gasteiger partial charge >= 0.3 is 0 Å². The highest BCUT2D eigenvalue weighted by atomic mass is 32.1. The molecule has 1 aromatic rings. The van der Waals surface area contributed by atoms with Crippen LogP contribution in [0.5, 0.6) is 0 Å². The molecule has 80 valence electrons. The molecule has 0 amide bonds. The third kappa shape index (κ3) is 4.25. The molecule has 1 rings (SSSR count). The molecule has 0 aliphatic heterocycles. The lowest BCUT2D eigenvalue weighted by Crippen LogP contribution is -2.27. The van der Waals surface area contributed by atoms with Crippen molar-refractivity contribution in [3.63, 3.8) is 0 Å². The minimum atomic E-state index is 0.706. The van der Waals surface area contributed by atoms with E-state index in [4.69, 9.17) is 0 Å². The minimum Gasteiger partial charge on any atom is -0.309 e. The SMILES string of the molecule is CCCC[C@H](CC)NCc1cccs1. The summed E-state index contributed by atoms with van der Waals surface area (Å²) in [5.41, 5.74) is 0. The van der Waals surface area contributed by atoms with E-state index in [1.807, 2.05) is 11.3 Å². The number of thiophene rings is 1. The molecule has 1 atom stereocenters. The van der Waals surface area contributed by atoms with Crippen LogP contribution in [0.2, 0.25) is 0 Å². The van der Waals surface area contributed by atoms with Gasteiger partial charge in [-0.25, -0.2) is 0 Å². The predicted molar refractivity (Wildman–Crippen MR) is 64.8 cm³/mol. The first-order chi connectivity index (χ1) is 6.86. The zero-order chi connectivity index (χ0) is 10.2. The van der Waals surface area contributed by atoms with Gasteiger partial charge in [-0.05, 0) is 24.3 Å². The fourth-order valence-corrected chi connectivity index (χ4v) is 2.21. The van der Waals surface area contributed by atoms with Crippen molar-refractivity contribution in [2.24, 2.45) is 0 Å². The summed E-state index contributed by atoms with van der Waals surface area (Å²) in [4.78, 5) is 1.44. The van der Waals surface area contributed by atoms with Gasteiger partial charge in [0.2, 0.25) is 0 Å². The van der Waals surface area contributed by atoms with Gasteiger partial charge in [0.05, 0.1) is 0 Å². The molecule has 0 bridgehead atoms. The normalized spacial score (nSPS) is 13.0. The van der Waals surface area contributed by atoms with Crippen molar-refractivity contribution < 1.29 is 0 Å². The Morgan fingerprint density at radius 1 is 1.43 bits per heavy atom. The summed E-state index contributed by atoms with van der Waals surface area (Å²) >= 11 is 1.84. The van der Waals surface area contributed by atoms with Gasteiger partial charge in [-0.3, -0.25) is 0 Å². The van der Waals surface area contributed by atoms with Crippen molar-refractivity contribution in [2.75, 3.05) is 0 Å². The molecule has 2 heteroatoms. The predicted octanol–water partition coefficient (Wildman–Crippen LogP) is 3.81. The van der Waals surface area contributed by atoms with Crippen molar-refractivity contribution in [1.29, 1.82) is 0 Å². The molecule has 0 saturated carbocycles. The van der Waals surface area contributed by atoms with E-state index in [0.717, 1.165) is 6.54 Å². The fourth-order valence-electron chi connectivity index (χ4n) is 1.56. The van der Waals surface area contributed by atoms with Crippen molar-refractivity contribution in [3.8, 4) is 0 Å². The molecule has 0 unspecified atom stereocenters. The molecule has 0 fully saturated rings. The molecule has 1 aromatic heterocycles. The highest BCUT2D eigenvalue weighted by Crippen LogP contribution is 2.10. The Balaban J connectivity index is 2.20. The summed E-state index contributed by atoms with van der Waals surface area (Å²) in [6, 6.07) is 5.02. The minimum absolute atomic E-state index is 0.706. The van der Waals surface area contributed by atoms with Crippen LogP contribution in [0, 0.1) is 0 Å². The average molecular weight is 211 g/mol. The van der Waals surface area contributed by atoms with E-state index in [1.54, 1.807) is 0 Å². The molecule has 0 radical (unpaired) electrons. The Morgan fingerprint density at radius 3 is 2.86 bits per heavy atom. The summed E-state index contributed by atoms with van der Waals surface area (Å²) in [5.74, 6) is 0. The van der Waals surface area contributed by atoms with Gasteiger partial charge in [-0.15, -0.1) is 11.3 Å². The molecule has 1 heterocycles. The molecule has 1 N–H and O–H groups in total. The van der Waals surface area contributed by atoms with Crippen LogP contribution in [0.3, 0.4) is 0 Å². The van der Waals surface area contributed by atoms with Crippen LogP contribution in [-0.2, 0) is 6.54 Å². The molecule has 0 saturated heterocycles. The monoisotopic (exact) mass is 211 g/mol. The van der Waals surface area contributed by atoms with Gasteiger partial charge in [-0.1, -0.05) is 32.8 Å². The molecular weight excluding hydrogens is 190 g/mol. The van der Waals surface area contributed by atoms with Crippen LogP contribution < -0.4 is 5.32 Å². The van der Waals surface area contributed by atoms with Crippen molar-refractivity contribution in [1.82, 2.24) is 5.32 Å². The molecule has 1 nitrogen and oxygen atoms in total. The Kier molecular flexibility index (Phi) is 5.88. The first-order valence-corrected chi connectivity index (χ1v) is 6.50. The van der Waals surface area contributed by atoms with Gasteiger partial charge in [-0.2, -0.15) is 0 Å². The van der Waals surface area contributed by atoms with Crippen LogP contribution in [0.4, 0.5) is 0 Å². The lowest BCUT2D eigenvalue weighted by Gasteiger charge is -2.15. The maximum atomic E-state index is 3.62. The topological polar surface area (TPSA) is 12.0 Å². The van der Waals surface area contributed by atoms with Crippen molar-refractivity contribution in [3.05, 3.63) is 22.4 Å². The fraction of sp³-hybridized carbons (Fsp3) is 0.667. The van der Waals surface area contributed by atoms with E-state index in [0.29, 0.717) is 6.04 Å². The van der Waals surface area contributed by atoms with E-state index in [-0.39, 0.29) is 0 Å². The first-order valence-electron chi connectivity index (χ1n) is 5.62. The summed E-state index contributed by atoms with van der Waals surface area (Å²) < 4.78 is 0. The lowest BCUT2D eigenvalue weighted by atomic mass is 10.1. The molecular formula is C12H21NS. The summed E-state index contributed by atoms with van der Waals surface area (Å²) in [6.45, 7) is 5.56. The molecule has 0 aliphatic rings. The average Bonchev–Trinajstić information content (AvgIpc) is 2.71. The van der Waals surface area contributed by atoms with Gasteiger partial charge in [0, 0.05) is 17.5 Å². The number of unbranched alkanes of at least 4 members (excludes halogenated alkanes) is 1. The number of rotatable bonds is 7. The lowest BCUT2D eigenvalue weighted by molar-refractivity contribution is 0.454. The van der Waals surface area contributed by atoms with Gasteiger partial charge in [0.25, 0.3) is 0 Å². The number of hydrogen-bond acceptors (Lipinski definition) is 2. The van der Waals surface area contributed by atoms with Crippen LogP contribution in [0.1, 0.15) is 44.4 Å². The standard InChI is InChI=1S/C12H21NS/c1-3-5-7-11(4-2)13-10-12-8-6-9-14-12/h6,8-9,11,13H,3-5,7,10H2,1-2H3/t11-/m0/s1. The van der Waals surface area contributed by atoms with Crippen LogP contribution in [-0.4, -0.2) is 6.04 Å². The van der Waals surface area contributed by atoms with Crippen molar-refractivity contribution in [2.45, 2.75) is 52.1 Å². The zero-order valence-electron chi connectivity index (χ0n) is 9.25.